The monoisotopic (exact) mass is 266 g/mol. The molecule has 1 heteroatoms. The minimum atomic E-state index is 0.559. The van der Waals surface area contributed by atoms with Crippen molar-refractivity contribution in [2.75, 3.05) is 0 Å². The number of hydrogen-bond acceptors (Lipinski definition) is 0. The Bertz CT molecular complexity index is 330. The molecule has 1 atom stereocenters. The summed E-state index contributed by atoms with van der Waals surface area (Å²) in [5, 5.41) is 0. The quantitative estimate of drug-likeness (QED) is 0.687. The normalized spacial score (nSPS) is 16.4. The fourth-order valence-electron chi connectivity index (χ4n) is 2.34. The van der Waals surface area contributed by atoms with Crippen LogP contribution in [0.5, 0.6) is 0 Å². The average molecular weight is 267 g/mol. The fourth-order valence-corrected chi connectivity index (χ4v) is 2.95. The molecule has 15 heavy (non-hydrogen) atoms. The summed E-state index contributed by atoms with van der Waals surface area (Å²) in [5.41, 5.74) is 4.64. The number of rotatable bonds is 4. The van der Waals surface area contributed by atoms with Crippen molar-refractivity contribution in [2.24, 2.45) is 0 Å². The third kappa shape index (κ3) is 2.63. The molecule has 0 nitrogen and oxygen atoms in total. The molecule has 0 heterocycles. The van der Waals surface area contributed by atoms with Crippen molar-refractivity contribution >= 4 is 15.9 Å². The van der Waals surface area contributed by atoms with E-state index in [4.69, 9.17) is 0 Å². The van der Waals surface area contributed by atoms with Gasteiger partial charge >= 0.3 is 0 Å². The van der Waals surface area contributed by atoms with Crippen LogP contribution in [0.1, 0.15) is 54.1 Å². The van der Waals surface area contributed by atoms with Gasteiger partial charge in [0.05, 0.1) is 0 Å². The van der Waals surface area contributed by atoms with Gasteiger partial charge in [-0.15, -0.1) is 0 Å². The van der Waals surface area contributed by atoms with E-state index in [0.29, 0.717) is 4.83 Å². The third-order valence-electron chi connectivity index (χ3n) is 3.30. The van der Waals surface area contributed by atoms with Crippen LogP contribution in [0.4, 0.5) is 0 Å². The molecular formula is C14H19Br. The van der Waals surface area contributed by atoms with Crippen LogP contribution in [0, 0.1) is 0 Å². The van der Waals surface area contributed by atoms with Crippen LogP contribution in [-0.2, 0) is 12.8 Å². The fraction of sp³-hybridized carbons (Fsp3) is 0.571. The van der Waals surface area contributed by atoms with Crippen LogP contribution in [0.3, 0.4) is 0 Å². The molecule has 0 fully saturated rings. The summed E-state index contributed by atoms with van der Waals surface area (Å²) >= 11 is 3.80. The lowest BCUT2D eigenvalue weighted by atomic mass is 10.0. The number of aryl methyl sites for hydroxylation is 2. The molecule has 82 valence electrons. The molecule has 0 saturated carbocycles. The molecule has 0 bridgehead atoms. The maximum absolute atomic E-state index is 3.80. The van der Waals surface area contributed by atoms with Crippen LogP contribution in [0.25, 0.3) is 0 Å². The Balaban J connectivity index is 2.08. The van der Waals surface area contributed by atoms with Crippen molar-refractivity contribution in [2.45, 2.75) is 50.3 Å². The number of benzene rings is 1. The Hall–Kier alpha value is -0.300. The van der Waals surface area contributed by atoms with E-state index in [1.54, 1.807) is 11.1 Å². The Kier molecular flexibility index (Phi) is 3.85. The van der Waals surface area contributed by atoms with E-state index in [0.717, 1.165) is 0 Å². The lowest BCUT2D eigenvalue weighted by Crippen LogP contribution is -1.92. The third-order valence-corrected chi connectivity index (χ3v) is 4.28. The smallest absolute Gasteiger partial charge is 0.0395 e. The van der Waals surface area contributed by atoms with Gasteiger partial charge in [-0.2, -0.15) is 0 Å². The standard InChI is InChI=1S/C14H19Br/c1-2-3-7-14(15)13-9-8-11-5-4-6-12(11)10-13/h8-10,14H,2-7H2,1H3. The molecule has 0 saturated heterocycles. The summed E-state index contributed by atoms with van der Waals surface area (Å²) in [6, 6.07) is 7.05. The van der Waals surface area contributed by atoms with E-state index in [-0.39, 0.29) is 0 Å². The molecule has 0 aliphatic heterocycles. The molecular weight excluding hydrogens is 248 g/mol. The van der Waals surface area contributed by atoms with Crippen molar-refractivity contribution in [1.82, 2.24) is 0 Å². The van der Waals surface area contributed by atoms with Gasteiger partial charge in [0.25, 0.3) is 0 Å². The zero-order valence-electron chi connectivity index (χ0n) is 9.43. The summed E-state index contributed by atoms with van der Waals surface area (Å²) in [7, 11) is 0. The highest BCUT2D eigenvalue weighted by atomic mass is 79.9. The highest BCUT2D eigenvalue weighted by Crippen LogP contribution is 2.32. The Morgan fingerprint density at radius 3 is 2.87 bits per heavy atom. The first-order chi connectivity index (χ1) is 7.31. The molecule has 0 spiro atoms. The Labute approximate surface area is 101 Å². The van der Waals surface area contributed by atoms with Gasteiger partial charge < -0.3 is 0 Å². The number of halogens is 1. The molecule has 2 rings (SSSR count). The predicted molar refractivity (Wildman–Crippen MR) is 69.7 cm³/mol. The largest absolute Gasteiger partial charge is 0.0839 e. The van der Waals surface area contributed by atoms with Gasteiger partial charge in [0, 0.05) is 4.83 Å². The molecule has 1 aromatic carbocycles. The van der Waals surface area contributed by atoms with Gasteiger partial charge in [0.15, 0.2) is 0 Å². The highest BCUT2D eigenvalue weighted by molar-refractivity contribution is 9.09. The van der Waals surface area contributed by atoms with E-state index in [9.17, 15) is 0 Å². The summed E-state index contributed by atoms with van der Waals surface area (Å²) in [6.07, 6.45) is 7.78. The molecule has 1 unspecified atom stereocenters. The van der Waals surface area contributed by atoms with Crippen molar-refractivity contribution in [3.63, 3.8) is 0 Å². The first-order valence-corrected chi connectivity index (χ1v) is 6.98. The molecule has 1 aliphatic rings. The van der Waals surface area contributed by atoms with Crippen molar-refractivity contribution in [1.29, 1.82) is 0 Å². The zero-order valence-corrected chi connectivity index (χ0v) is 11.0. The highest BCUT2D eigenvalue weighted by Gasteiger charge is 2.13. The van der Waals surface area contributed by atoms with Gasteiger partial charge in [-0.3, -0.25) is 0 Å². The van der Waals surface area contributed by atoms with Gasteiger partial charge in [-0.1, -0.05) is 53.9 Å². The molecule has 0 amide bonds. The minimum absolute atomic E-state index is 0.559. The van der Waals surface area contributed by atoms with Crippen molar-refractivity contribution in [3.05, 3.63) is 34.9 Å². The van der Waals surface area contributed by atoms with Crippen molar-refractivity contribution < 1.29 is 0 Å². The second kappa shape index (κ2) is 5.16. The van der Waals surface area contributed by atoms with Gasteiger partial charge in [-0.05, 0) is 42.4 Å². The average Bonchev–Trinajstić information content (AvgIpc) is 2.72. The number of hydrogen-bond donors (Lipinski definition) is 0. The van der Waals surface area contributed by atoms with E-state index in [1.807, 2.05) is 0 Å². The van der Waals surface area contributed by atoms with Gasteiger partial charge in [0.1, 0.15) is 0 Å². The lowest BCUT2D eigenvalue weighted by Gasteiger charge is -2.11. The van der Waals surface area contributed by atoms with Crippen LogP contribution in [-0.4, -0.2) is 0 Å². The summed E-state index contributed by atoms with van der Waals surface area (Å²) < 4.78 is 0. The van der Waals surface area contributed by atoms with Crippen LogP contribution in [0.15, 0.2) is 18.2 Å². The van der Waals surface area contributed by atoms with Crippen LogP contribution >= 0.6 is 15.9 Å². The van der Waals surface area contributed by atoms with E-state index >= 15 is 0 Å². The molecule has 1 aromatic rings. The minimum Gasteiger partial charge on any atom is -0.0839 e. The molecule has 0 aromatic heterocycles. The predicted octanol–water partition coefficient (Wildman–Crippen LogP) is 4.80. The maximum atomic E-state index is 3.80. The topological polar surface area (TPSA) is 0 Å². The van der Waals surface area contributed by atoms with E-state index in [1.165, 1.54) is 44.1 Å². The van der Waals surface area contributed by atoms with Gasteiger partial charge in [0.2, 0.25) is 0 Å². The number of fused-ring (bicyclic) bond motifs is 1. The maximum Gasteiger partial charge on any atom is 0.0395 e. The molecule has 0 radical (unpaired) electrons. The Morgan fingerprint density at radius 2 is 2.07 bits per heavy atom. The SMILES string of the molecule is CCCCC(Br)c1ccc2c(c1)CCC2. The zero-order chi connectivity index (χ0) is 10.7. The second-order valence-corrected chi connectivity index (χ2v) is 5.60. The van der Waals surface area contributed by atoms with Crippen molar-refractivity contribution in [3.8, 4) is 0 Å². The Morgan fingerprint density at radius 1 is 1.27 bits per heavy atom. The van der Waals surface area contributed by atoms with Crippen LogP contribution < -0.4 is 0 Å². The summed E-state index contributed by atoms with van der Waals surface area (Å²) in [5.74, 6) is 0. The van der Waals surface area contributed by atoms with Crippen LogP contribution in [0.2, 0.25) is 0 Å². The molecule has 0 N–H and O–H groups in total. The van der Waals surface area contributed by atoms with Gasteiger partial charge in [-0.25, -0.2) is 0 Å². The van der Waals surface area contributed by atoms with E-state index in [2.05, 4.69) is 41.1 Å². The first kappa shape index (κ1) is 11.2. The number of alkyl halides is 1. The molecule has 1 aliphatic carbocycles. The first-order valence-electron chi connectivity index (χ1n) is 6.07. The number of unbranched alkanes of at least 4 members (excludes halogenated alkanes) is 1. The summed E-state index contributed by atoms with van der Waals surface area (Å²) in [4.78, 5) is 0.559. The van der Waals surface area contributed by atoms with E-state index < -0.39 is 0 Å². The summed E-state index contributed by atoms with van der Waals surface area (Å²) in [6.45, 7) is 2.25. The lowest BCUT2D eigenvalue weighted by molar-refractivity contribution is 0.712. The second-order valence-electron chi connectivity index (χ2n) is 4.49.